The zero-order valence-corrected chi connectivity index (χ0v) is 9.52. The van der Waals surface area contributed by atoms with Gasteiger partial charge in [0.1, 0.15) is 12.7 Å². The molecule has 2 aromatic rings. The molecule has 2 rings (SSSR count). The molecule has 1 aromatic heterocycles. The van der Waals surface area contributed by atoms with Gasteiger partial charge < -0.3 is 5.73 Å². The second-order valence-corrected chi connectivity index (χ2v) is 3.79. The Balaban J connectivity index is 2.37. The molecule has 16 heavy (non-hydrogen) atoms. The van der Waals surface area contributed by atoms with Crippen LogP contribution in [-0.2, 0) is 0 Å². The fourth-order valence-electron chi connectivity index (χ4n) is 1.12. The number of nitrogens with zero attached hydrogens (tertiary/aromatic N) is 4. The molecule has 0 saturated carbocycles. The maximum absolute atomic E-state index is 5.98. The average molecular weight is 256 g/mol. The van der Waals surface area contributed by atoms with Crippen molar-refractivity contribution in [1.82, 2.24) is 14.9 Å². The minimum absolute atomic E-state index is 0.265. The summed E-state index contributed by atoms with van der Waals surface area (Å²) < 4.78 is 1.39. The van der Waals surface area contributed by atoms with Gasteiger partial charge in [-0.2, -0.15) is 0 Å². The van der Waals surface area contributed by atoms with Gasteiger partial charge in [-0.25, -0.2) is 4.68 Å². The number of aromatic nitrogens is 3. The van der Waals surface area contributed by atoms with Gasteiger partial charge in [-0.05, 0) is 18.2 Å². The number of halogens is 2. The van der Waals surface area contributed by atoms with E-state index in [4.69, 9.17) is 28.9 Å². The van der Waals surface area contributed by atoms with Gasteiger partial charge >= 0.3 is 0 Å². The molecule has 0 spiro atoms. The summed E-state index contributed by atoms with van der Waals surface area (Å²) >= 11 is 11.8. The van der Waals surface area contributed by atoms with Crippen LogP contribution < -0.4 is 5.73 Å². The molecule has 2 N–H and O–H groups in total. The molecule has 0 aliphatic carbocycles. The summed E-state index contributed by atoms with van der Waals surface area (Å²) in [6.07, 6.45) is 2.85. The fraction of sp³-hybridized carbons (Fsp3) is 0. The first kappa shape index (κ1) is 10.9. The van der Waals surface area contributed by atoms with Gasteiger partial charge in [0.25, 0.3) is 0 Å². The summed E-state index contributed by atoms with van der Waals surface area (Å²) in [6.45, 7) is 0. The molecule has 0 atom stereocenters. The Morgan fingerprint density at radius 2 is 1.94 bits per heavy atom. The molecule has 7 heteroatoms. The lowest BCUT2D eigenvalue weighted by Crippen LogP contribution is -2.15. The first-order chi connectivity index (χ1) is 7.66. The van der Waals surface area contributed by atoms with Crippen LogP contribution >= 0.6 is 23.2 Å². The van der Waals surface area contributed by atoms with E-state index in [2.05, 4.69) is 15.3 Å². The van der Waals surface area contributed by atoms with Crippen molar-refractivity contribution in [1.29, 1.82) is 0 Å². The third-order valence-corrected chi connectivity index (χ3v) is 2.38. The summed E-state index contributed by atoms with van der Waals surface area (Å²) in [7, 11) is 0. The third-order valence-electron chi connectivity index (χ3n) is 1.84. The van der Waals surface area contributed by atoms with Gasteiger partial charge in [0.05, 0.1) is 5.02 Å². The minimum Gasteiger partial charge on any atom is -0.382 e. The van der Waals surface area contributed by atoms with Crippen LogP contribution in [0.2, 0.25) is 10.0 Å². The average Bonchev–Trinajstić information content (AvgIpc) is 2.70. The Morgan fingerprint density at radius 1 is 1.25 bits per heavy atom. The van der Waals surface area contributed by atoms with E-state index in [-0.39, 0.29) is 5.84 Å². The monoisotopic (exact) mass is 255 g/mol. The molecule has 0 fully saturated rings. The molecule has 1 aromatic carbocycles. The fourth-order valence-corrected chi connectivity index (χ4v) is 1.63. The molecule has 0 unspecified atom stereocenters. The zero-order valence-electron chi connectivity index (χ0n) is 8.01. The third kappa shape index (κ3) is 2.32. The zero-order chi connectivity index (χ0) is 11.5. The van der Waals surface area contributed by atoms with E-state index in [0.29, 0.717) is 15.6 Å². The predicted octanol–water partition coefficient (Wildman–Crippen LogP) is 1.75. The van der Waals surface area contributed by atoms with Crippen molar-refractivity contribution in [2.75, 3.05) is 0 Å². The quantitative estimate of drug-likeness (QED) is 0.657. The van der Waals surface area contributed by atoms with Crippen LogP contribution in [-0.4, -0.2) is 20.7 Å². The van der Waals surface area contributed by atoms with Crippen molar-refractivity contribution in [3.63, 3.8) is 0 Å². The lowest BCUT2D eigenvalue weighted by Gasteiger charge is -2.03. The Hall–Kier alpha value is -1.59. The van der Waals surface area contributed by atoms with Gasteiger partial charge in [-0.1, -0.05) is 23.2 Å². The number of nitrogens with two attached hydrogens (primary N) is 1. The van der Waals surface area contributed by atoms with Gasteiger partial charge in [0.2, 0.25) is 0 Å². The maximum Gasteiger partial charge on any atom is 0.153 e. The van der Waals surface area contributed by atoms with Crippen molar-refractivity contribution >= 4 is 29.0 Å². The van der Waals surface area contributed by atoms with Crippen LogP contribution in [0.5, 0.6) is 0 Å². The molecule has 0 aliphatic rings. The van der Waals surface area contributed by atoms with Gasteiger partial charge in [0.15, 0.2) is 5.84 Å². The topological polar surface area (TPSA) is 69.1 Å². The summed E-state index contributed by atoms with van der Waals surface area (Å²) in [6, 6.07) is 5.00. The Morgan fingerprint density at radius 3 is 2.56 bits per heavy atom. The normalized spacial score (nSPS) is 11.8. The minimum atomic E-state index is 0.265. The molecule has 82 valence electrons. The highest BCUT2D eigenvalue weighted by molar-refractivity contribution is 6.36. The highest BCUT2D eigenvalue weighted by atomic mass is 35.5. The highest BCUT2D eigenvalue weighted by Crippen LogP contribution is 2.20. The van der Waals surface area contributed by atoms with Crippen molar-refractivity contribution in [3.8, 4) is 0 Å². The maximum atomic E-state index is 5.98. The summed E-state index contributed by atoms with van der Waals surface area (Å²) in [5.41, 5.74) is 6.39. The van der Waals surface area contributed by atoms with Crippen molar-refractivity contribution < 1.29 is 0 Å². The number of hydrogen-bond acceptors (Lipinski definition) is 3. The predicted molar refractivity (Wildman–Crippen MR) is 62.6 cm³/mol. The second kappa shape index (κ2) is 4.51. The van der Waals surface area contributed by atoms with Crippen LogP contribution in [0.15, 0.2) is 36.0 Å². The molecular weight excluding hydrogens is 249 g/mol. The van der Waals surface area contributed by atoms with Crippen molar-refractivity contribution in [2.45, 2.75) is 0 Å². The molecule has 1 heterocycles. The van der Waals surface area contributed by atoms with Gasteiger partial charge in [-0.15, -0.1) is 15.3 Å². The summed E-state index contributed by atoms with van der Waals surface area (Å²) in [4.78, 5) is 0. The summed E-state index contributed by atoms with van der Waals surface area (Å²) in [5.74, 6) is 0.265. The second-order valence-electron chi connectivity index (χ2n) is 2.95. The van der Waals surface area contributed by atoms with Gasteiger partial charge in [-0.3, -0.25) is 0 Å². The molecule has 0 amide bonds. The lowest BCUT2D eigenvalue weighted by molar-refractivity contribution is 0.869. The van der Waals surface area contributed by atoms with Crippen LogP contribution in [0.3, 0.4) is 0 Å². The molecule has 5 nitrogen and oxygen atoms in total. The highest BCUT2D eigenvalue weighted by Gasteiger charge is 2.05. The standard InChI is InChI=1S/C9H7Cl2N5/c10-6-1-2-7(8(11)3-6)9(12)15-16-4-13-14-5-16/h1-5H,(H2,12,15). The van der Waals surface area contributed by atoms with Crippen molar-refractivity contribution in [2.24, 2.45) is 10.8 Å². The van der Waals surface area contributed by atoms with E-state index in [1.165, 1.54) is 17.3 Å². The van der Waals surface area contributed by atoms with E-state index in [9.17, 15) is 0 Å². The van der Waals surface area contributed by atoms with Crippen molar-refractivity contribution in [3.05, 3.63) is 46.5 Å². The van der Waals surface area contributed by atoms with Gasteiger partial charge in [0, 0.05) is 10.6 Å². The van der Waals surface area contributed by atoms with E-state index in [1.54, 1.807) is 18.2 Å². The van der Waals surface area contributed by atoms with Crippen LogP contribution in [0.4, 0.5) is 0 Å². The number of amidine groups is 1. The lowest BCUT2D eigenvalue weighted by atomic mass is 10.2. The molecule has 0 bridgehead atoms. The number of rotatable bonds is 2. The number of benzene rings is 1. The molecule has 0 aliphatic heterocycles. The van der Waals surface area contributed by atoms with E-state index in [1.807, 2.05) is 0 Å². The molecular formula is C9H7Cl2N5. The van der Waals surface area contributed by atoms with E-state index < -0.39 is 0 Å². The Labute approximate surface area is 101 Å². The summed E-state index contributed by atoms with van der Waals surface area (Å²) in [5, 5.41) is 12.2. The SMILES string of the molecule is NC(=Nn1cnnc1)c1ccc(Cl)cc1Cl. The molecule has 0 saturated heterocycles. The number of hydrogen-bond donors (Lipinski definition) is 1. The smallest absolute Gasteiger partial charge is 0.153 e. The van der Waals surface area contributed by atoms with E-state index in [0.717, 1.165) is 0 Å². The van der Waals surface area contributed by atoms with Crippen LogP contribution in [0.1, 0.15) is 5.56 Å². The first-order valence-electron chi connectivity index (χ1n) is 4.31. The molecule has 0 radical (unpaired) electrons. The van der Waals surface area contributed by atoms with Crippen LogP contribution in [0.25, 0.3) is 0 Å². The van der Waals surface area contributed by atoms with Crippen LogP contribution in [0, 0.1) is 0 Å². The van der Waals surface area contributed by atoms with E-state index >= 15 is 0 Å². The largest absolute Gasteiger partial charge is 0.382 e. The first-order valence-corrected chi connectivity index (χ1v) is 5.07. The Kier molecular flexibility index (Phi) is 3.07. The Bertz CT molecular complexity index is 521.